The number of thiocarbonyl (C=S) groups is 1. The van der Waals surface area contributed by atoms with E-state index >= 15 is 0 Å². The highest BCUT2D eigenvalue weighted by Crippen LogP contribution is 2.27. The summed E-state index contributed by atoms with van der Waals surface area (Å²) in [5, 5.41) is 6.62. The second-order valence-electron chi connectivity index (χ2n) is 7.27. The van der Waals surface area contributed by atoms with E-state index in [1.165, 1.54) is 0 Å². The van der Waals surface area contributed by atoms with Gasteiger partial charge in [0.1, 0.15) is 11.6 Å². The maximum absolute atomic E-state index is 12.6. The van der Waals surface area contributed by atoms with E-state index in [0.29, 0.717) is 33.2 Å². The van der Waals surface area contributed by atoms with Crippen molar-refractivity contribution in [2.24, 2.45) is 0 Å². The normalized spacial score (nSPS) is 10.8. The molecule has 3 N–H and O–H groups in total. The summed E-state index contributed by atoms with van der Waals surface area (Å²) in [6.07, 6.45) is 0. The fraction of sp³-hybridized carbons (Fsp3) is 0.125. The molecule has 168 valence electrons. The second-order valence-corrected chi connectivity index (χ2v) is 8.94. The molecule has 0 atom stereocenters. The lowest BCUT2D eigenvalue weighted by Gasteiger charge is -2.11. The first-order chi connectivity index (χ1) is 15.8. The third-order valence-corrected chi connectivity index (χ3v) is 6.11. The Morgan fingerprint density at radius 1 is 1.21 bits per heavy atom. The Morgan fingerprint density at radius 2 is 2.03 bits per heavy atom. The Morgan fingerprint density at radius 3 is 2.79 bits per heavy atom. The van der Waals surface area contributed by atoms with Gasteiger partial charge in [0, 0.05) is 21.8 Å². The minimum absolute atomic E-state index is 0.189. The number of halogens is 2. The highest BCUT2D eigenvalue weighted by atomic mass is 79.9. The van der Waals surface area contributed by atoms with Crippen LogP contribution in [0.2, 0.25) is 5.02 Å². The summed E-state index contributed by atoms with van der Waals surface area (Å²) in [6.45, 7) is 4.39. The zero-order valence-corrected chi connectivity index (χ0v) is 21.0. The number of carbonyl (C=O) groups excluding carboxylic acids is 1. The molecule has 0 spiro atoms. The summed E-state index contributed by atoms with van der Waals surface area (Å²) in [4.78, 5) is 20.5. The quantitative estimate of drug-likeness (QED) is 0.251. The van der Waals surface area contributed by atoms with Gasteiger partial charge in [0.2, 0.25) is 0 Å². The molecule has 6 nitrogen and oxygen atoms in total. The van der Waals surface area contributed by atoms with E-state index in [-0.39, 0.29) is 11.0 Å². The third kappa shape index (κ3) is 5.35. The number of aryl methyl sites for hydroxylation is 1. The SMILES string of the molecule is CCOc1ccc(C(=O)NC(=S)Nc2cccc(-c3nc4cc(Cl)c(C)cc4[nH]3)c2)cc1Br. The lowest BCUT2D eigenvalue weighted by molar-refractivity contribution is 0.0977. The van der Waals surface area contributed by atoms with Gasteiger partial charge in [0.25, 0.3) is 5.91 Å². The van der Waals surface area contributed by atoms with Crippen molar-refractivity contribution in [2.75, 3.05) is 11.9 Å². The molecule has 0 aliphatic rings. The number of imidazole rings is 1. The minimum Gasteiger partial charge on any atom is -0.493 e. The van der Waals surface area contributed by atoms with E-state index in [9.17, 15) is 4.79 Å². The van der Waals surface area contributed by atoms with Crippen LogP contribution in [0.1, 0.15) is 22.8 Å². The first-order valence-electron chi connectivity index (χ1n) is 10.1. The highest BCUT2D eigenvalue weighted by Gasteiger charge is 2.12. The summed E-state index contributed by atoms with van der Waals surface area (Å²) < 4.78 is 6.18. The number of benzene rings is 3. The number of aromatic amines is 1. The number of nitrogens with zero attached hydrogens (tertiary/aromatic N) is 1. The standard InChI is InChI=1S/C24H20BrClN4O2S/c1-3-32-21-8-7-15(11-17(21)25)23(31)30-24(33)27-16-6-4-5-14(10-16)22-28-19-9-13(2)18(26)12-20(19)29-22/h4-12H,3H2,1-2H3,(H,28,29)(H2,27,30,31,33). The monoisotopic (exact) mass is 542 g/mol. The molecule has 0 bridgehead atoms. The average molecular weight is 544 g/mol. The zero-order valence-electron chi connectivity index (χ0n) is 17.8. The van der Waals surface area contributed by atoms with Crippen molar-refractivity contribution < 1.29 is 9.53 Å². The molecule has 4 rings (SSSR count). The summed E-state index contributed by atoms with van der Waals surface area (Å²) in [5.41, 5.74) is 4.74. The van der Waals surface area contributed by atoms with Crippen molar-refractivity contribution in [3.63, 3.8) is 0 Å². The number of rotatable bonds is 5. The van der Waals surface area contributed by atoms with Crippen LogP contribution in [0.25, 0.3) is 22.4 Å². The molecule has 4 aromatic rings. The Kier molecular flexibility index (Phi) is 6.97. The predicted octanol–water partition coefficient (Wildman–Crippen LogP) is 6.48. The number of ether oxygens (including phenoxy) is 1. The van der Waals surface area contributed by atoms with Crippen molar-refractivity contribution in [3.8, 4) is 17.1 Å². The number of H-pyrrole nitrogens is 1. The lowest BCUT2D eigenvalue weighted by Crippen LogP contribution is -2.34. The van der Waals surface area contributed by atoms with Crippen LogP contribution in [0.15, 0.2) is 59.1 Å². The van der Waals surface area contributed by atoms with Crippen molar-refractivity contribution in [1.29, 1.82) is 0 Å². The Labute approximate surface area is 209 Å². The van der Waals surface area contributed by atoms with Crippen LogP contribution in [0.5, 0.6) is 5.75 Å². The number of amides is 1. The Balaban J connectivity index is 1.46. The van der Waals surface area contributed by atoms with E-state index in [0.717, 1.165) is 27.8 Å². The third-order valence-electron chi connectivity index (χ3n) is 4.88. The Hall–Kier alpha value is -2.94. The van der Waals surface area contributed by atoms with Crippen LogP contribution in [-0.2, 0) is 0 Å². The van der Waals surface area contributed by atoms with Gasteiger partial charge in [-0.2, -0.15) is 0 Å². The van der Waals surface area contributed by atoms with Crippen LogP contribution in [-0.4, -0.2) is 27.6 Å². The van der Waals surface area contributed by atoms with E-state index in [2.05, 4.69) is 36.5 Å². The molecule has 1 amide bonds. The van der Waals surface area contributed by atoms with Gasteiger partial charge < -0.3 is 15.0 Å². The number of anilines is 1. The lowest BCUT2D eigenvalue weighted by atomic mass is 10.2. The molecule has 0 saturated carbocycles. The van der Waals surface area contributed by atoms with Gasteiger partial charge in [-0.25, -0.2) is 4.98 Å². The van der Waals surface area contributed by atoms with Crippen LogP contribution in [0.3, 0.4) is 0 Å². The summed E-state index contributed by atoms with van der Waals surface area (Å²) >= 11 is 15.0. The number of nitrogens with one attached hydrogen (secondary N) is 3. The van der Waals surface area contributed by atoms with E-state index in [4.69, 9.17) is 28.6 Å². The summed E-state index contributed by atoms with van der Waals surface area (Å²) in [7, 11) is 0. The smallest absolute Gasteiger partial charge is 0.257 e. The zero-order chi connectivity index (χ0) is 23.5. The molecule has 33 heavy (non-hydrogen) atoms. The van der Waals surface area contributed by atoms with Crippen molar-refractivity contribution >= 4 is 67.5 Å². The molecular weight excluding hydrogens is 524 g/mol. The summed E-state index contributed by atoms with van der Waals surface area (Å²) in [6, 6.07) is 16.5. The summed E-state index contributed by atoms with van der Waals surface area (Å²) in [5.74, 6) is 1.07. The van der Waals surface area contributed by atoms with E-state index in [1.54, 1.807) is 18.2 Å². The van der Waals surface area contributed by atoms with Crippen LogP contribution in [0.4, 0.5) is 5.69 Å². The van der Waals surface area contributed by atoms with Gasteiger partial charge in [-0.3, -0.25) is 10.1 Å². The van der Waals surface area contributed by atoms with Crippen molar-refractivity contribution in [1.82, 2.24) is 15.3 Å². The molecule has 3 aromatic carbocycles. The molecule has 0 aliphatic heterocycles. The van der Waals surface area contributed by atoms with E-state index < -0.39 is 0 Å². The minimum atomic E-state index is -0.322. The first-order valence-corrected chi connectivity index (χ1v) is 11.7. The molecule has 0 unspecified atom stereocenters. The second kappa shape index (κ2) is 9.91. The maximum Gasteiger partial charge on any atom is 0.257 e. The van der Waals surface area contributed by atoms with Crippen LogP contribution < -0.4 is 15.4 Å². The molecule has 0 radical (unpaired) electrons. The fourth-order valence-corrected chi connectivity index (χ4v) is 4.13. The van der Waals surface area contributed by atoms with Gasteiger partial charge >= 0.3 is 0 Å². The molecule has 1 heterocycles. The predicted molar refractivity (Wildman–Crippen MR) is 140 cm³/mol. The van der Waals surface area contributed by atoms with Gasteiger partial charge in [0.05, 0.1) is 22.1 Å². The van der Waals surface area contributed by atoms with Gasteiger partial charge in [-0.15, -0.1) is 0 Å². The average Bonchev–Trinajstić information content (AvgIpc) is 3.18. The highest BCUT2D eigenvalue weighted by molar-refractivity contribution is 9.10. The van der Waals surface area contributed by atoms with Crippen molar-refractivity contribution in [2.45, 2.75) is 13.8 Å². The molecule has 0 aliphatic carbocycles. The first kappa shape index (κ1) is 23.2. The molecule has 1 aromatic heterocycles. The van der Waals surface area contributed by atoms with Crippen molar-refractivity contribution in [3.05, 3.63) is 75.2 Å². The number of fused-ring (bicyclic) bond motifs is 1. The maximum atomic E-state index is 12.6. The van der Waals surface area contributed by atoms with Crippen LogP contribution >= 0.6 is 39.7 Å². The number of hydrogen-bond donors (Lipinski definition) is 3. The molecule has 0 saturated heterocycles. The Bertz CT molecular complexity index is 1330. The molecule has 9 heteroatoms. The topological polar surface area (TPSA) is 79.0 Å². The number of hydrogen-bond acceptors (Lipinski definition) is 4. The van der Waals surface area contributed by atoms with Gasteiger partial charge in [-0.05, 0) is 90.0 Å². The van der Waals surface area contributed by atoms with Gasteiger partial charge in [0.15, 0.2) is 5.11 Å². The van der Waals surface area contributed by atoms with Crippen LogP contribution in [0, 0.1) is 6.92 Å². The molecular formula is C24H20BrClN4O2S. The number of carbonyl (C=O) groups is 1. The van der Waals surface area contributed by atoms with E-state index in [1.807, 2.05) is 50.2 Å². The molecule has 0 fully saturated rings. The van der Waals surface area contributed by atoms with Gasteiger partial charge in [-0.1, -0.05) is 23.7 Å². The largest absolute Gasteiger partial charge is 0.493 e. The fourth-order valence-electron chi connectivity index (χ4n) is 3.27. The number of aromatic nitrogens is 2.